The first-order valence-electron chi connectivity index (χ1n) is 9.10. The van der Waals surface area contributed by atoms with Crippen LogP contribution in [0.5, 0.6) is 11.5 Å². The number of nitrogens with one attached hydrogen (secondary N) is 2. The molecule has 0 spiro atoms. The van der Waals surface area contributed by atoms with E-state index < -0.39 is 5.60 Å². The van der Waals surface area contributed by atoms with Crippen molar-refractivity contribution in [3.63, 3.8) is 0 Å². The number of rotatable bonds is 8. The number of hydrogen-bond donors (Lipinski definition) is 3. The zero-order valence-electron chi connectivity index (χ0n) is 16.0. The van der Waals surface area contributed by atoms with Gasteiger partial charge in [0.05, 0.1) is 25.8 Å². The van der Waals surface area contributed by atoms with Crippen molar-refractivity contribution >= 4 is 29.9 Å². The van der Waals surface area contributed by atoms with E-state index in [1.807, 2.05) is 38.1 Å². The van der Waals surface area contributed by atoms with Crippen molar-refractivity contribution < 1.29 is 14.6 Å². The summed E-state index contributed by atoms with van der Waals surface area (Å²) in [6, 6.07) is 7.61. The molecule has 0 radical (unpaired) electrons. The van der Waals surface area contributed by atoms with Gasteiger partial charge in [0.25, 0.3) is 0 Å². The van der Waals surface area contributed by atoms with Gasteiger partial charge >= 0.3 is 0 Å². The van der Waals surface area contributed by atoms with Gasteiger partial charge in [-0.25, -0.2) is 0 Å². The van der Waals surface area contributed by atoms with Crippen LogP contribution in [0.15, 0.2) is 29.3 Å². The first kappa shape index (κ1) is 22.8. The molecule has 6 nitrogen and oxygen atoms in total. The largest absolute Gasteiger partial charge is 0.493 e. The maximum absolute atomic E-state index is 10.4. The number of benzene rings is 1. The van der Waals surface area contributed by atoms with Gasteiger partial charge in [-0.2, -0.15) is 0 Å². The minimum atomic E-state index is -0.637. The highest BCUT2D eigenvalue weighted by atomic mass is 127. The van der Waals surface area contributed by atoms with Crippen LogP contribution in [-0.2, 0) is 0 Å². The van der Waals surface area contributed by atoms with Crippen LogP contribution in [0.4, 0.5) is 0 Å². The van der Waals surface area contributed by atoms with Crippen LogP contribution in [0.2, 0.25) is 0 Å². The molecule has 1 saturated carbocycles. The lowest BCUT2D eigenvalue weighted by Crippen LogP contribution is -2.43. The summed E-state index contributed by atoms with van der Waals surface area (Å²) < 4.78 is 11.3. The molecule has 1 aliphatic carbocycles. The first-order valence-corrected chi connectivity index (χ1v) is 9.10. The standard InChI is InChI=1S/C19H31N3O3.HI/c1-4-20-18(22-14-19(23)11-7-8-12-19)21-13-15(2)25-17-10-6-5-9-16(17)24-3;/h5-6,9-10,15,23H,4,7-8,11-14H2,1-3H3,(H2,20,21,22);1H. The van der Waals surface area contributed by atoms with Gasteiger partial charge in [-0.15, -0.1) is 24.0 Å². The molecule has 0 saturated heterocycles. The summed E-state index contributed by atoms with van der Waals surface area (Å²) in [7, 11) is 1.63. The van der Waals surface area contributed by atoms with Gasteiger partial charge < -0.3 is 25.2 Å². The number of ether oxygens (including phenoxy) is 2. The topological polar surface area (TPSA) is 75.1 Å². The smallest absolute Gasteiger partial charge is 0.191 e. The monoisotopic (exact) mass is 477 g/mol. The first-order chi connectivity index (χ1) is 12.1. The van der Waals surface area contributed by atoms with E-state index in [1.54, 1.807) is 7.11 Å². The normalized spacial score (nSPS) is 17.2. The van der Waals surface area contributed by atoms with Gasteiger partial charge in [-0.3, -0.25) is 4.99 Å². The van der Waals surface area contributed by atoms with Crippen molar-refractivity contribution in [1.82, 2.24) is 10.6 Å². The Morgan fingerprint density at radius 1 is 1.23 bits per heavy atom. The molecule has 1 unspecified atom stereocenters. The van der Waals surface area contributed by atoms with Crippen LogP contribution < -0.4 is 20.1 Å². The Morgan fingerprint density at radius 2 is 1.88 bits per heavy atom. The van der Waals surface area contributed by atoms with E-state index in [0.29, 0.717) is 19.0 Å². The van der Waals surface area contributed by atoms with E-state index in [9.17, 15) is 5.11 Å². The molecule has 0 aromatic heterocycles. The van der Waals surface area contributed by atoms with Crippen LogP contribution in [0, 0.1) is 0 Å². The van der Waals surface area contributed by atoms with Gasteiger partial charge in [0.1, 0.15) is 6.10 Å². The summed E-state index contributed by atoms with van der Waals surface area (Å²) >= 11 is 0. The summed E-state index contributed by atoms with van der Waals surface area (Å²) in [6.45, 7) is 5.82. The summed E-state index contributed by atoms with van der Waals surface area (Å²) in [5.74, 6) is 2.15. The maximum atomic E-state index is 10.4. The Bertz CT molecular complexity index is 563. The van der Waals surface area contributed by atoms with Crippen molar-refractivity contribution in [2.75, 3.05) is 26.7 Å². The van der Waals surface area contributed by atoms with Crippen molar-refractivity contribution in [2.45, 2.75) is 51.2 Å². The predicted octanol–water partition coefficient (Wildman–Crippen LogP) is 2.94. The van der Waals surface area contributed by atoms with Gasteiger partial charge in [0.2, 0.25) is 0 Å². The fourth-order valence-electron chi connectivity index (χ4n) is 2.97. The van der Waals surface area contributed by atoms with Crippen LogP contribution in [-0.4, -0.2) is 49.5 Å². The zero-order chi connectivity index (χ0) is 18.1. The third-order valence-corrected chi connectivity index (χ3v) is 4.36. The second-order valence-electron chi connectivity index (χ2n) is 6.59. The molecule has 7 heteroatoms. The molecule has 1 aliphatic rings. The fourth-order valence-corrected chi connectivity index (χ4v) is 2.97. The lowest BCUT2D eigenvalue weighted by molar-refractivity contribution is 0.0574. The van der Waals surface area contributed by atoms with Crippen LogP contribution in [0.3, 0.4) is 0 Å². The van der Waals surface area contributed by atoms with E-state index in [-0.39, 0.29) is 30.1 Å². The van der Waals surface area contributed by atoms with Gasteiger partial charge in [0.15, 0.2) is 17.5 Å². The number of aliphatic imine (C=N–C) groups is 1. The van der Waals surface area contributed by atoms with E-state index in [4.69, 9.17) is 9.47 Å². The third-order valence-electron chi connectivity index (χ3n) is 4.36. The molecule has 0 heterocycles. The van der Waals surface area contributed by atoms with Crippen LogP contribution in [0.1, 0.15) is 39.5 Å². The van der Waals surface area contributed by atoms with Crippen molar-refractivity contribution in [3.05, 3.63) is 24.3 Å². The van der Waals surface area contributed by atoms with E-state index in [2.05, 4.69) is 15.6 Å². The number of para-hydroxylation sites is 2. The quantitative estimate of drug-likeness (QED) is 0.305. The molecular weight excluding hydrogens is 445 g/mol. The molecule has 0 amide bonds. The third kappa shape index (κ3) is 7.19. The lowest BCUT2D eigenvalue weighted by Gasteiger charge is -2.22. The molecule has 148 valence electrons. The highest BCUT2D eigenvalue weighted by molar-refractivity contribution is 14.0. The summed E-state index contributed by atoms with van der Waals surface area (Å²) in [4.78, 5) is 4.54. The Morgan fingerprint density at radius 3 is 2.50 bits per heavy atom. The molecule has 0 aliphatic heterocycles. The second-order valence-corrected chi connectivity index (χ2v) is 6.59. The number of guanidine groups is 1. The molecular formula is C19H32IN3O3. The fraction of sp³-hybridized carbons (Fsp3) is 0.632. The molecule has 1 aromatic carbocycles. The van der Waals surface area contributed by atoms with Crippen LogP contribution >= 0.6 is 24.0 Å². The average molecular weight is 477 g/mol. The Kier molecular flexibility index (Phi) is 10.1. The summed E-state index contributed by atoms with van der Waals surface area (Å²) in [5, 5.41) is 16.9. The molecule has 1 aromatic rings. The molecule has 26 heavy (non-hydrogen) atoms. The molecule has 2 rings (SSSR count). The SMILES string of the molecule is CCNC(=NCC1(O)CCCC1)NCC(C)Oc1ccccc1OC.I. The molecule has 1 fully saturated rings. The molecule has 0 bridgehead atoms. The second kappa shape index (κ2) is 11.5. The Balaban J connectivity index is 0.00000338. The Hall–Kier alpha value is -1.22. The van der Waals surface area contributed by atoms with Gasteiger partial charge in [-0.05, 0) is 38.8 Å². The molecule has 1 atom stereocenters. The number of methoxy groups -OCH3 is 1. The minimum Gasteiger partial charge on any atom is -0.493 e. The summed E-state index contributed by atoms with van der Waals surface area (Å²) in [5.41, 5.74) is -0.637. The molecule has 3 N–H and O–H groups in total. The van der Waals surface area contributed by atoms with E-state index >= 15 is 0 Å². The average Bonchev–Trinajstić information content (AvgIpc) is 3.05. The number of halogens is 1. The number of aliphatic hydroxyl groups is 1. The van der Waals surface area contributed by atoms with E-state index in [0.717, 1.165) is 43.7 Å². The van der Waals surface area contributed by atoms with Gasteiger partial charge in [-0.1, -0.05) is 25.0 Å². The van der Waals surface area contributed by atoms with Crippen molar-refractivity contribution in [1.29, 1.82) is 0 Å². The highest BCUT2D eigenvalue weighted by Gasteiger charge is 2.30. The Labute approximate surface area is 173 Å². The van der Waals surface area contributed by atoms with Gasteiger partial charge in [0, 0.05) is 6.54 Å². The number of nitrogens with zero attached hydrogens (tertiary/aromatic N) is 1. The van der Waals surface area contributed by atoms with E-state index in [1.165, 1.54) is 0 Å². The lowest BCUT2D eigenvalue weighted by atomic mass is 10.0. The highest BCUT2D eigenvalue weighted by Crippen LogP contribution is 2.29. The minimum absolute atomic E-state index is 0. The van der Waals surface area contributed by atoms with Crippen molar-refractivity contribution in [3.8, 4) is 11.5 Å². The number of hydrogen-bond acceptors (Lipinski definition) is 4. The summed E-state index contributed by atoms with van der Waals surface area (Å²) in [6.07, 6.45) is 3.78. The van der Waals surface area contributed by atoms with Crippen LogP contribution in [0.25, 0.3) is 0 Å². The van der Waals surface area contributed by atoms with Crippen molar-refractivity contribution in [2.24, 2.45) is 4.99 Å². The predicted molar refractivity (Wildman–Crippen MR) is 116 cm³/mol. The zero-order valence-corrected chi connectivity index (χ0v) is 18.3. The maximum Gasteiger partial charge on any atom is 0.191 e.